The molecule has 1 aromatic rings. The number of ether oxygens (including phenoxy) is 1. The molecule has 0 radical (unpaired) electrons. The number of piperidine rings is 1. The average Bonchev–Trinajstić information content (AvgIpc) is 2.71. The minimum absolute atomic E-state index is 0.0458. The molecule has 3 N–H and O–H groups in total. The highest BCUT2D eigenvalue weighted by atomic mass is 16.5. The molecule has 2 atom stereocenters. The number of nitriles is 1. The Balaban J connectivity index is 1.90. The van der Waals surface area contributed by atoms with Crippen molar-refractivity contribution in [1.29, 1.82) is 5.26 Å². The van der Waals surface area contributed by atoms with Crippen LogP contribution in [0.15, 0.2) is 42.5 Å². The Bertz CT molecular complexity index is 735. The predicted molar refractivity (Wildman–Crippen MR) is 103 cm³/mol. The highest BCUT2D eigenvalue weighted by Gasteiger charge is 2.30. The van der Waals surface area contributed by atoms with Crippen LogP contribution in [0.1, 0.15) is 24.8 Å². The number of hydrogen-bond acceptors (Lipinski definition) is 6. The van der Waals surface area contributed by atoms with Gasteiger partial charge in [0, 0.05) is 6.54 Å². The zero-order chi connectivity index (χ0) is 20.5. The van der Waals surface area contributed by atoms with Crippen molar-refractivity contribution in [3.8, 4) is 6.07 Å². The van der Waals surface area contributed by atoms with Crippen molar-refractivity contribution in [2.45, 2.75) is 37.7 Å². The molecule has 0 aliphatic carbocycles. The summed E-state index contributed by atoms with van der Waals surface area (Å²) in [5, 5.41) is 30.4. The highest BCUT2D eigenvalue weighted by molar-refractivity contribution is 6.43. The maximum atomic E-state index is 12.2. The molecule has 8 nitrogen and oxygen atoms in total. The molecule has 0 spiro atoms. The zero-order valence-corrected chi connectivity index (χ0v) is 15.6. The summed E-state index contributed by atoms with van der Waals surface area (Å²) in [6.45, 7) is 3.88. The van der Waals surface area contributed by atoms with E-state index in [0.29, 0.717) is 13.0 Å². The van der Waals surface area contributed by atoms with E-state index in [1.807, 2.05) is 30.3 Å². The Hall–Kier alpha value is -2.83. The fourth-order valence-corrected chi connectivity index (χ4v) is 3.13. The summed E-state index contributed by atoms with van der Waals surface area (Å²) in [6, 6.07) is 10.5. The fraction of sp³-hybridized carbons (Fsp3) is 0.421. The molecule has 1 aliphatic rings. The summed E-state index contributed by atoms with van der Waals surface area (Å²) in [4.78, 5) is 25.9. The molecule has 1 aliphatic heterocycles. The van der Waals surface area contributed by atoms with Gasteiger partial charge in [0.15, 0.2) is 0 Å². The van der Waals surface area contributed by atoms with E-state index < -0.39 is 25.1 Å². The Morgan fingerprint density at radius 1 is 1.36 bits per heavy atom. The Morgan fingerprint density at radius 3 is 2.71 bits per heavy atom. The second-order valence-electron chi connectivity index (χ2n) is 6.69. The largest absolute Gasteiger partial charge is 0.475 e. The van der Waals surface area contributed by atoms with Gasteiger partial charge >= 0.3 is 13.2 Å². The smallest absolute Gasteiger partial charge is 0.447 e. The van der Waals surface area contributed by atoms with E-state index in [0.717, 1.165) is 18.4 Å². The molecule has 148 valence electrons. The summed E-state index contributed by atoms with van der Waals surface area (Å²) >= 11 is 0. The van der Waals surface area contributed by atoms with Crippen LogP contribution < -0.4 is 5.32 Å². The summed E-state index contributed by atoms with van der Waals surface area (Å²) < 4.78 is 5.21. The maximum absolute atomic E-state index is 12.2. The van der Waals surface area contributed by atoms with Crippen molar-refractivity contribution in [1.82, 2.24) is 10.2 Å². The molecule has 0 saturated carbocycles. The first-order valence-corrected chi connectivity index (χ1v) is 9.15. The Labute approximate surface area is 164 Å². The van der Waals surface area contributed by atoms with Gasteiger partial charge in [0.25, 0.3) is 5.91 Å². The molecule has 0 aromatic heterocycles. The third-order valence-corrected chi connectivity index (χ3v) is 4.65. The first-order chi connectivity index (χ1) is 13.4. The van der Waals surface area contributed by atoms with Crippen molar-refractivity contribution >= 4 is 19.1 Å². The van der Waals surface area contributed by atoms with Crippen LogP contribution in [0.2, 0.25) is 0 Å². The molecule has 0 bridgehead atoms. The number of amides is 2. The highest BCUT2D eigenvalue weighted by Crippen LogP contribution is 2.19. The number of nitrogens with zero attached hydrogens (tertiary/aromatic N) is 2. The van der Waals surface area contributed by atoms with E-state index in [4.69, 9.17) is 10.00 Å². The molecule has 1 heterocycles. The van der Waals surface area contributed by atoms with Gasteiger partial charge in [0.2, 0.25) is 0 Å². The monoisotopic (exact) mass is 385 g/mol. The third-order valence-electron chi connectivity index (χ3n) is 4.65. The second-order valence-corrected chi connectivity index (χ2v) is 6.69. The first-order valence-electron chi connectivity index (χ1n) is 9.15. The van der Waals surface area contributed by atoms with E-state index in [2.05, 4.69) is 11.9 Å². The first kappa shape index (κ1) is 21.5. The minimum atomic E-state index is -1.75. The molecule has 1 aromatic carbocycles. The molecule has 2 amide bonds. The minimum Gasteiger partial charge on any atom is -0.447 e. The molecule has 0 unspecified atom stereocenters. The van der Waals surface area contributed by atoms with Crippen LogP contribution in [0, 0.1) is 11.3 Å². The summed E-state index contributed by atoms with van der Waals surface area (Å²) in [6.07, 6.45) is 1.76. The quantitative estimate of drug-likeness (QED) is 0.362. The summed E-state index contributed by atoms with van der Waals surface area (Å²) in [5.74, 6) is -1.39. The lowest BCUT2D eigenvalue weighted by Crippen LogP contribution is -2.50. The van der Waals surface area contributed by atoms with Gasteiger partial charge in [0.05, 0.1) is 12.0 Å². The van der Waals surface area contributed by atoms with Crippen LogP contribution in [0.3, 0.4) is 0 Å². The van der Waals surface area contributed by atoms with Crippen LogP contribution >= 0.6 is 0 Å². The third kappa shape index (κ3) is 6.11. The average molecular weight is 385 g/mol. The van der Waals surface area contributed by atoms with E-state index >= 15 is 0 Å². The molecule has 9 heteroatoms. The van der Waals surface area contributed by atoms with Crippen LogP contribution in [0.4, 0.5) is 4.79 Å². The number of nitrogens with one attached hydrogen (secondary N) is 1. The van der Waals surface area contributed by atoms with Gasteiger partial charge in [-0.1, -0.05) is 36.9 Å². The second kappa shape index (κ2) is 10.5. The topological polar surface area (TPSA) is 123 Å². The number of carbonyl (C=O) groups excluding carboxylic acids is 2. The molecule has 1 fully saturated rings. The van der Waals surface area contributed by atoms with E-state index in [1.165, 1.54) is 4.90 Å². The van der Waals surface area contributed by atoms with Gasteiger partial charge in [-0.2, -0.15) is 5.26 Å². The molecule has 28 heavy (non-hydrogen) atoms. The number of hydrogen-bond donors (Lipinski definition) is 3. The molecular formula is C19H24BN3O5. The number of benzene rings is 1. The van der Waals surface area contributed by atoms with Crippen molar-refractivity contribution in [2.75, 3.05) is 13.2 Å². The maximum Gasteiger partial charge on any atom is 0.475 e. The lowest BCUT2D eigenvalue weighted by molar-refractivity contribution is -0.131. The zero-order valence-electron chi connectivity index (χ0n) is 15.6. The summed E-state index contributed by atoms with van der Waals surface area (Å²) in [7, 11) is -1.75. The van der Waals surface area contributed by atoms with Crippen LogP contribution in [-0.4, -0.2) is 59.2 Å². The molecule has 1 saturated heterocycles. The van der Waals surface area contributed by atoms with Crippen LogP contribution in [0.25, 0.3) is 0 Å². The van der Waals surface area contributed by atoms with Crippen LogP contribution in [-0.2, 0) is 16.0 Å². The fourth-order valence-electron chi connectivity index (χ4n) is 3.13. The predicted octanol–water partition coefficient (Wildman–Crippen LogP) is 0.797. The van der Waals surface area contributed by atoms with Crippen molar-refractivity contribution in [2.24, 2.45) is 0 Å². The van der Waals surface area contributed by atoms with Gasteiger partial charge in [-0.25, -0.2) is 4.79 Å². The standard InChI is InChI=1S/C19H24BN3O5/c1-14(12-21)18(24)23-10-6-5-9-16(23)13-28-19(25)22-17(20(26)27)11-15-7-3-2-4-8-15/h2-4,7-8,16-17,26-27H,1,5-6,9-11,13H2,(H,22,25)/t16-,17+/m1/s1. The van der Waals surface area contributed by atoms with E-state index in [9.17, 15) is 19.6 Å². The lowest BCUT2D eigenvalue weighted by Gasteiger charge is -2.35. The molecular weight excluding hydrogens is 361 g/mol. The van der Waals surface area contributed by atoms with Gasteiger partial charge in [-0.05, 0) is 31.2 Å². The van der Waals surface area contributed by atoms with E-state index in [-0.39, 0.29) is 24.6 Å². The number of likely N-dealkylation sites (tertiary alicyclic amines) is 1. The van der Waals surface area contributed by atoms with Gasteiger partial charge < -0.3 is 25.0 Å². The van der Waals surface area contributed by atoms with Gasteiger partial charge in [-0.3, -0.25) is 4.79 Å². The SMILES string of the molecule is C=C(C#N)C(=O)N1CCCC[C@@H]1COC(=O)N[C@@H](Cc1ccccc1)B(O)O. The number of rotatable bonds is 7. The Morgan fingerprint density at radius 2 is 2.07 bits per heavy atom. The lowest BCUT2D eigenvalue weighted by atomic mass is 9.76. The Kier molecular flexibility index (Phi) is 8.05. The van der Waals surface area contributed by atoms with Crippen molar-refractivity contribution in [3.63, 3.8) is 0 Å². The summed E-state index contributed by atoms with van der Waals surface area (Å²) in [5.41, 5.74) is 0.683. The van der Waals surface area contributed by atoms with Gasteiger partial charge in [0.1, 0.15) is 18.2 Å². The van der Waals surface area contributed by atoms with Crippen molar-refractivity contribution < 1.29 is 24.4 Å². The normalized spacial score (nSPS) is 17.2. The van der Waals surface area contributed by atoms with E-state index in [1.54, 1.807) is 6.07 Å². The molecule has 2 rings (SSSR count). The van der Waals surface area contributed by atoms with Crippen LogP contribution in [0.5, 0.6) is 0 Å². The number of alkyl carbamates (subject to hydrolysis) is 1. The number of carbonyl (C=O) groups is 2. The van der Waals surface area contributed by atoms with Gasteiger partial charge in [-0.15, -0.1) is 0 Å². The van der Waals surface area contributed by atoms with Crippen molar-refractivity contribution in [3.05, 3.63) is 48.0 Å².